The highest BCUT2D eigenvalue weighted by molar-refractivity contribution is 5.53. The molecule has 1 unspecified atom stereocenters. The van der Waals surface area contributed by atoms with Crippen molar-refractivity contribution >= 4 is 0 Å². The molecular formula is C14H21NO4. The topological polar surface area (TPSA) is 84.9 Å². The average molecular weight is 267 g/mol. The Morgan fingerprint density at radius 2 is 2.16 bits per heavy atom. The monoisotopic (exact) mass is 267 g/mol. The number of hydrogen-bond acceptors (Lipinski definition) is 5. The fourth-order valence-electron chi connectivity index (χ4n) is 2.44. The van der Waals surface area contributed by atoms with Gasteiger partial charge < -0.3 is 25.4 Å². The van der Waals surface area contributed by atoms with E-state index in [2.05, 4.69) is 0 Å². The summed E-state index contributed by atoms with van der Waals surface area (Å²) in [5.74, 6) is 1.46. The summed E-state index contributed by atoms with van der Waals surface area (Å²) in [7, 11) is 1.61. The molecule has 0 spiro atoms. The fraction of sp³-hybridized carbons (Fsp3) is 0.571. The molecule has 1 aliphatic carbocycles. The van der Waals surface area contributed by atoms with Gasteiger partial charge in [0, 0.05) is 18.0 Å². The number of aliphatic hydroxyl groups is 2. The Kier molecular flexibility index (Phi) is 4.63. The molecule has 1 aliphatic rings. The van der Waals surface area contributed by atoms with Gasteiger partial charge in [-0.15, -0.1) is 0 Å². The van der Waals surface area contributed by atoms with Gasteiger partial charge in [-0.3, -0.25) is 0 Å². The number of hydrogen-bond donors (Lipinski definition) is 3. The maximum atomic E-state index is 8.80. The molecule has 0 amide bonds. The SMILES string of the molecule is COc1ccc2c(c1OCCCC(O)O)CC(N)C2. The lowest BCUT2D eigenvalue weighted by Gasteiger charge is -2.15. The molecule has 0 radical (unpaired) electrons. The minimum atomic E-state index is -1.28. The van der Waals surface area contributed by atoms with E-state index in [0.717, 1.165) is 24.2 Å². The first-order valence-corrected chi connectivity index (χ1v) is 6.55. The minimum absolute atomic E-state index is 0.142. The molecule has 0 aromatic heterocycles. The van der Waals surface area contributed by atoms with Crippen LogP contribution in [-0.2, 0) is 12.8 Å². The number of fused-ring (bicyclic) bond motifs is 1. The van der Waals surface area contributed by atoms with Crippen molar-refractivity contribution in [2.45, 2.75) is 38.0 Å². The molecule has 5 heteroatoms. The highest BCUT2D eigenvalue weighted by Crippen LogP contribution is 2.38. The van der Waals surface area contributed by atoms with E-state index in [1.807, 2.05) is 12.1 Å². The van der Waals surface area contributed by atoms with Crippen LogP contribution in [0.2, 0.25) is 0 Å². The van der Waals surface area contributed by atoms with E-state index in [-0.39, 0.29) is 6.04 Å². The van der Waals surface area contributed by atoms with Crippen LogP contribution >= 0.6 is 0 Å². The first kappa shape index (κ1) is 14.1. The third kappa shape index (κ3) is 3.37. The Balaban J connectivity index is 2.08. The van der Waals surface area contributed by atoms with Crippen LogP contribution in [0.25, 0.3) is 0 Å². The second-order valence-electron chi connectivity index (χ2n) is 4.87. The Bertz CT molecular complexity index is 434. The third-order valence-electron chi connectivity index (χ3n) is 3.34. The molecule has 1 atom stereocenters. The molecule has 106 valence electrons. The van der Waals surface area contributed by atoms with Crippen LogP contribution in [0.1, 0.15) is 24.0 Å². The summed E-state index contributed by atoms with van der Waals surface area (Å²) in [6, 6.07) is 4.07. The van der Waals surface area contributed by atoms with Crippen LogP contribution in [-0.4, -0.2) is 36.3 Å². The molecule has 1 aromatic carbocycles. The summed E-state index contributed by atoms with van der Waals surface area (Å²) < 4.78 is 11.1. The van der Waals surface area contributed by atoms with E-state index < -0.39 is 6.29 Å². The zero-order chi connectivity index (χ0) is 13.8. The van der Waals surface area contributed by atoms with Gasteiger partial charge in [0.2, 0.25) is 0 Å². The minimum Gasteiger partial charge on any atom is -0.493 e. The highest BCUT2D eigenvalue weighted by Gasteiger charge is 2.24. The van der Waals surface area contributed by atoms with Crippen molar-refractivity contribution in [1.82, 2.24) is 0 Å². The predicted molar refractivity (Wildman–Crippen MR) is 71.3 cm³/mol. The number of nitrogens with two attached hydrogens (primary N) is 1. The van der Waals surface area contributed by atoms with E-state index in [0.29, 0.717) is 25.2 Å². The van der Waals surface area contributed by atoms with Gasteiger partial charge in [0.05, 0.1) is 13.7 Å². The summed E-state index contributed by atoms with van der Waals surface area (Å²) in [6.07, 6.45) is 1.27. The maximum Gasteiger partial charge on any atom is 0.164 e. The lowest BCUT2D eigenvalue weighted by atomic mass is 10.1. The summed E-state index contributed by atoms with van der Waals surface area (Å²) in [5, 5.41) is 17.6. The summed E-state index contributed by atoms with van der Waals surface area (Å²) >= 11 is 0. The zero-order valence-corrected chi connectivity index (χ0v) is 11.1. The summed E-state index contributed by atoms with van der Waals surface area (Å²) in [4.78, 5) is 0. The molecule has 0 bridgehead atoms. The third-order valence-corrected chi connectivity index (χ3v) is 3.34. The summed E-state index contributed by atoms with van der Waals surface area (Å²) in [6.45, 7) is 0.430. The van der Waals surface area contributed by atoms with Crippen LogP contribution in [0.5, 0.6) is 11.5 Å². The molecule has 5 nitrogen and oxygen atoms in total. The van der Waals surface area contributed by atoms with Crippen LogP contribution in [0.4, 0.5) is 0 Å². The first-order valence-electron chi connectivity index (χ1n) is 6.55. The van der Waals surface area contributed by atoms with Crippen molar-refractivity contribution < 1.29 is 19.7 Å². The van der Waals surface area contributed by atoms with Crippen LogP contribution in [0.3, 0.4) is 0 Å². The van der Waals surface area contributed by atoms with Crippen molar-refractivity contribution in [2.24, 2.45) is 5.73 Å². The lowest BCUT2D eigenvalue weighted by Crippen LogP contribution is -2.19. The quantitative estimate of drug-likeness (QED) is 0.519. The second kappa shape index (κ2) is 6.23. The Morgan fingerprint density at radius 1 is 1.37 bits per heavy atom. The molecule has 19 heavy (non-hydrogen) atoms. The molecule has 0 saturated carbocycles. The van der Waals surface area contributed by atoms with Crippen molar-refractivity contribution in [3.05, 3.63) is 23.3 Å². The van der Waals surface area contributed by atoms with Crippen molar-refractivity contribution in [1.29, 1.82) is 0 Å². The van der Waals surface area contributed by atoms with Crippen molar-refractivity contribution in [2.75, 3.05) is 13.7 Å². The maximum absolute atomic E-state index is 8.80. The molecule has 2 rings (SSSR count). The van der Waals surface area contributed by atoms with Gasteiger partial charge in [-0.05, 0) is 30.9 Å². The van der Waals surface area contributed by atoms with Gasteiger partial charge in [0.15, 0.2) is 17.8 Å². The van der Waals surface area contributed by atoms with Crippen LogP contribution in [0, 0.1) is 0 Å². The first-order chi connectivity index (χ1) is 9.11. The van der Waals surface area contributed by atoms with E-state index in [1.165, 1.54) is 5.56 Å². The number of rotatable bonds is 6. The van der Waals surface area contributed by atoms with Gasteiger partial charge in [-0.2, -0.15) is 0 Å². The number of ether oxygens (including phenoxy) is 2. The van der Waals surface area contributed by atoms with Crippen molar-refractivity contribution in [3.63, 3.8) is 0 Å². The summed E-state index contributed by atoms with van der Waals surface area (Å²) in [5.41, 5.74) is 8.31. The molecule has 0 heterocycles. The molecule has 0 saturated heterocycles. The van der Waals surface area contributed by atoms with Gasteiger partial charge in [-0.25, -0.2) is 0 Å². The molecule has 0 aliphatic heterocycles. The molecule has 1 aromatic rings. The molecule has 0 fully saturated rings. The van der Waals surface area contributed by atoms with Gasteiger partial charge in [0.25, 0.3) is 0 Å². The van der Waals surface area contributed by atoms with Gasteiger partial charge in [0.1, 0.15) is 0 Å². The van der Waals surface area contributed by atoms with Crippen molar-refractivity contribution in [3.8, 4) is 11.5 Å². The second-order valence-corrected chi connectivity index (χ2v) is 4.87. The average Bonchev–Trinajstić information content (AvgIpc) is 2.74. The van der Waals surface area contributed by atoms with E-state index in [4.69, 9.17) is 25.4 Å². The standard InChI is InChI=1S/C14H21NO4/c1-18-12-5-4-9-7-10(15)8-11(9)14(12)19-6-2-3-13(16)17/h4-5,10,13,16-17H,2-3,6-8,15H2,1H3. The smallest absolute Gasteiger partial charge is 0.164 e. The Hall–Kier alpha value is -1.30. The highest BCUT2D eigenvalue weighted by atomic mass is 16.5. The molecular weight excluding hydrogens is 246 g/mol. The normalized spacial score (nSPS) is 17.6. The van der Waals surface area contributed by atoms with Crippen LogP contribution in [0.15, 0.2) is 12.1 Å². The number of benzene rings is 1. The predicted octanol–water partition coefficient (Wildman–Crippen LogP) is 0.591. The largest absolute Gasteiger partial charge is 0.493 e. The van der Waals surface area contributed by atoms with E-state index >= 15 is 0 Å². The Labute approximate surface area is 113 Å². The number of methoxy groups -OCH3 is 1. The van der Waals surface area contributed by atoms with Crippen LogP contribution < -0.4 is 15.2 Å². The zero-order valence-electron chi connectivity index (χ0n) is 11.1. The van der Waals surface area contributed by atoms with E-state index in [9.17, 15) is 0 Å². The van der Waals surface area contributed by atoms with Gasteiger partial charge in [-0.1, -0.05) is 6.07 Å². The number of aliphatic hydroxyl groups excluding tert-OH is 1. The fourth-order valence-corrected chi connectivity index (χ4v) is 2.44. The molecule has 4 N–H and O–H groups in total. The van der Waals surface area contributed by atoms with Gasteiger partial charge >= 0.3 is 0 Å². The van der Waals surface area contributed by atoms with E-state index in [1.54, 1.807) is 7.11 Å². The lowest BCUT2D eigenvalue weighted by molar-refractivity contribution is -0.0480. The Morgan fingerprint density at radius 3 is 2.84 bits per heavy atom.